The van der Waals surface area contributed by atoms with Gasteiger partial charge in [0.25, 0.3) is 0 Å². The Kier molecular flexibility index (Phi) is 6.37. The highest BCUT2D eigenvalue weighted by Gasteiger charge is 2.49. The van der Waals surface area contributed by atoms with E-state index in [0.717, 1.165) is 68.0 Å². The van der Waals surface area contributed by atoms with Crippen LogP contribution in [0.2, 0.25) is 0 Å². The lowest BCUT2D eigenvalue weighted by molar-refractivity contribution is 0.0231. The molecule has 0 aliphatic carbocycles. The number of terminal acetylenes is 1. The molecule has 4 saturated heterocycles. The van der Waals surface area contributed by atoms with Gasteiger partial charge in [-0.3, -0.25) is 4.90 Å². The molecule has 3 N–H and O–H groups in total. The minimum Gasteiger partial charge on any atom is -0.461 e. The first-order chi connectivity index (χ1) is 19.3. The van der Waals surface area contributed by atoms with Crippen molar-refractivity contribution in [3.8, 4) is 18.4 Å². The van der Waals surface area contributed by atoms with Crippen LogP contribution in [-0.4, -0.2) is 71.4 Å². The molecule has 5 aliphatic heterocycles. The summed E-state index contributed by atoms with van der Waals surface area (Å²) in [6, 6.07) is 2.68. The number of fused-ring (bicyclic) bond motifs is 4. The number of halogens is 2. The van der Waals surface area contributed by atoms with Crippen molar-refractivity contribution in [1.29, 1.82) is 0 Å². The highest BCUT2D eigenvalue weighted by atomic mass is 19.1. The van der Waals surface area contributed by atoms with Gasteiger partial charge in [0.05, 0.1) is 29.6 Å². The largest absolute Gasteiger partial charge is 0.461 e. The standard InChI is InChI=1S/C30H36F2N6O2/c1-3-21-17(2)9-23(33)27(32)26(21)25-10-24-22(15-39-25)28(37-13-19-5-6-20(14-37)34-19)36-29(35-24)40-16-30-7-4-8-38(30)12-18(31)11-30/h1,9,18-20,25,34H,4-8,10-16,33H2,2H3/t18-,19?,20?,25?,30+/m1/s1. The molecular weight excluding hydrogens is 514 g/mol. The number of hydrogen-bond donors (Lipinski definition) is 2. The van der Waals surface area contributed by atoms with Gasteiger partial charge < -0.3 is 25.4 Å². The van der Waals surface area contributed by atoms with Gasteiger partial charge >= 0.3 is 6.01 Å². The van der Waals surface area contributed by atoms with E-state index in [2.05, 4.69) is 21.0 Å². The van der Waals surface area contributed by atoms with Crippen LogP contribution in [0.1, 0.15) is 66.2 Å². The number of aryl methyl sites for hydroxylation is 1. The quantitative estimate of drug-likeness (QED) is 0.434. The molecule has 0 saturated carbocycles. The topological polar surface area (TPSA) is 88.8 Å². The third-order valence-corrected chi connectivity index (χ3v) is 9.60. The molecule has 212 valence electrons. The number of nitrogens with two attached hydrogens (primary N) is 1. The fraction of sp³-hybridized carbons (Fsp3) is 0.600. The lowest BCUT2D eigenvalue weighted by Gasteiger charge is -2.37. The van der Waals surface area contributed by atoms with Crippen molar-refractivity contribution < 1.29 is 18.3 Å². The number of hydrogen-bond acceptors (Lipinski definition) is 8. The minimum atomic E-state index is -0.833. The molecule has 10 heteroatoms. The van der Waals surface area contributed by atoms with Crippen molar-refractivity contribution in [2.75, 3.05) is 43.4 Å². The van der Waals surface area contributed by atoms with Gasteiger partial charge in [-0.2, -0.15) is 9.97 Å². The normalized spacial score (nSPS) is 31.2. The number of rotatable bonds is 5. The fourth-order valence-electron chi connectivity index (χ4n) is 7.70. The van der Waals surface area contributed by atoms with E-state index in [4.69, 9.17) is 31.6 Å². The Labute approximate surface area is 233 Å². The summed E-state index contributed by atoms with van der Waals surface area (Å²) in [5.41, 5.74) is 8.90. The number of nitrogens with one attached hydrogen (secondary N) is 1. The number of nitrogen functional groups attached to an aromatic ring is 1. The molecule has 8 nitrogen and oxygen atoms in total. The first kappa shape index (κ1) is 25.9. The zero-order valence-corrected chi connectivity index (χ0v) is 22.9. The molecule has 6 heterocycles. The van der Waals surface area contributed by atoms with Crippen LogP contribution in [0.5, 0.6) is 6.01 Å². The van der Waals surface area contributed by atoms with E-state index >= 15 is 4.39 Å². The highest BCUT2D eigenvalue weighted by molar-refractivity contribution is 5.58. The summed E-state index contributed by atoms with van der Waals surface area (Å²) in [5, 5.41) is 3.67. The molecule has 7 rings (SSSR count). The van der Waals surface area contributed by atoms with Gasteiger partial charge in [0, 0.05) is 61.2 Å². The molecule has 0 spiro atoms. The summed E-state index contributed by atoms with van der Waals surface area (Å²) in [7, 11) is 0. The second-order valence-corrected chi connectivity index (χ2v) is 12.2. The van der Waals surface area contributed by atoms with Crippen molar-refractivity contribution >= 4 is 11.5 Å². The highest BCUT2D eigenvalue weighted by Crippen LogP contribution is 2.42. The van der Waals surface area contributed by atoms with Crippen LogP contribution in [0.3, 0.4) is 0 Å². The van der Waals surface area contributed by atoms with Gasteiger partial charge in [-0.15, -0.1) is 6.42 Å². The van der Waals surface area contributed by atoms with E-state index in [-0.39, 0.29) is 23.8 Å². The third kappa shape index (κ3) is 4.30. The Balaban J connectivity index is 1.24. The van der Waals surface area contributed by atoms with Crippen LogP contribution in [0, 0.1) is 25.1 Å². The maximum Gasteiger partial charge on any atom is 0.318 e. The van der Waals surface area contributed by atoms with Gasteiger partial charge in [-0.25, -0.2) is 8.78 Å². The van der Waals surface area contributed by atoms with Gasteiger partial charge in [0.1, 0.15) is 18.6 Å². The van der Waals surface area contributed by atoms with Crippen LogP contribution in [0.15, 0.2) is 6.07 Å². The maximum absolute atomic E-state index is 15.4. The van der Waals surface area contributed by atoms with E-state index in [1.807, 2.05) is 6.92 Å². The molecular formula is C30H36F2N6O2. The van der Waals surface area contributed by atoms with Crippen molar-refractivity contribution in [1.82, 2.24) is 20.2 Å². The number of benzene rings is 1. The van der Waals surface area contributed by atoms with E-state index < -0.39 is 18.1 Å². The first-order valence-electron chi connectivity index (χ1n) is 14.4. The van der Waals surface area contributed by atoms with Crippen molar-refractivity contribution in [2.24, 2.45) is 0 Å². The van der Waals surface area contributed by atoms with Crippen molar-refractivity contribution in [3.05, 3.63) is 39.8 Å². The van der Waals surface area contributed by atoms with Crippen LogP contribution in [0.25, 0.3) is 0 Å². The number of piperazine rings is 1. The lowest BCUT2D eigenvalue weighted by Crippen LogP contribution is -2.52. The van der Waals surface area contributed by atoms with Crippen molar-refractivity contribution in [2.45, 2.75) is 82.0 Å². The summed E-state index contributed by atoms with van der Waals surface area (Å²) in [4.78, 5) is 14.3. The smallest absolute Gasteiger partial charge is 0.318 e. The number of alkyl halides is 1. The second-order valence-electron chi connectivity index (χ2n) is 12.2. The Hall–Kier alpha value is -3.00. The molecule has 3 unspecified atom stereocenters. The van der Waals surface area contributed by atoms with Crippen LogP contribution in [-0.2, 0) is 17.8 Å². The monoisotopic (exact) mass is 550 g/mol. The van der Waals surface area contributed by atoms with Crippen molar-refractivity contribution in [3.63, 3.8) is 0 Å². The molecule has 1 aromatic heterocycles. The molecule has 0 amide bonds. The predicted molar refractivity (Wildman–Crippen MR) is 147 cm³/mol. The number of ether oxygens (including phenoxy) is 2. The summed E-state index contributed by atoms with van der Waals surface area (Å²) in [6.07, 6.45) is 9.35. The van der Waals surface area contributed by atoms with Gasteiger partial charge in [-0.05, 0) is 50.8 Å². The summed E-state index contributed by atoms with van der Waals surface area (Å²) in [6.45, 7) is 5.45. The molecule has 0 radical (unpaired) electrons. The predicted octanol–water partition coefficient (Wildman–Crippen LogP) is 3.20. The molecule has 2 bridgehead atoms. The lowest BCUT2D eigenvalue weighted by atomic mass is 9.92. The fourth-order valence-corrected chi connectivity index (χ4v) is 7.70. The zero-order valence-electron chi connectivity index (χ0n) is 22.9. The molecule has 5 atom stereocenters. The Morgan fingerprint density at radius 2 is 2.08 bits per heavy atom. The van der Waals surface area contributed by atoms with E-state index in [0.29, 0.717) is 49.2 Å². The van der Waals surface area contributed by atoms with Crippen LogP contribution < -0.4 is 20.7 Å². The zero-order chi connectivity index (χ0) is 27.6. The van der Waals surface area contributed by atoms with E-state index in [1.54, 1.807) is 6.07 Å². The minimum absolute atomic E-state index is 0.0488. The summed E-state index contributed by atoms with van der Waals surface area (Å²) >= 11 is 0. The molecule has 1 aromatic carbocycles. The third-order valence-electron chi connectivity index (χ3n) is 9.60. The average molecular weight is 551 g/mol. The Bertz CT molecular complexity index is 1370. The molecule has 2 aromatic rings. The van der Waals surface area contributed by atoms with Crippen LogP contribution in [0.4, 0.5) is 20.3 Å². The Morgan fingerprint density at radius 3 is 2.85 bits per heavy atom. The summed E-state index contributed by atoms with van der Waals surface area (Å²) < 4.78 is 42.3. The summed E-state index contributed by atoms with van der Waals surface area (Å²) in [5.74, 6) is 2.91. The first-order valence-corrected chi connectivity index (χ1v) is 14.4. The molecule has 5 aliphatic rings. The molecule has 4 fully saturated rings. The van der Waals surface area contributed by atoms with Gasteiger partial charge in [0.15, 0.2) is 5.82 Å². The number of aromatic nitrogens is 2. The van der Waals surface area contributed by atoms with Crippen LogP contribution >= 0.6 is 0 Å². The maximum atomic E-state index is 15.4. The molecule has 40 heavy (non-hydrogen) atoms. The Morgan fingerprint density at radius 1 is 1.27 bits per heavy atom. The second kappa shape index (κ2) is 9.82. The van der Waals surface area contributed by atoms with E-state index in [9.17, 15) is 4.39 Å². The van der Waals surface area contributed by atoms with Gasteiger partial charge in [0.2, 0.25) is 0 Å². The number of nitrogens with zero attached hydrogens (tertiary/aromatic N) is 4. The average Bonchev–Trinajstić information content (AvgIpc) is 3.58. The van der Waals surface area contributed by atoms with E-state index in [1.165, 1.54) is 0 Å². The van der Waals surface area contributed by atoms with Gasteiger partial charge in [-0.1, -0.05) is 5.92 Å². The SMILES string of the molecule is C#Cc1c(C)cc(N)c(F)c1C1Cc2nc(OC[C@@]34CCCN3C[C@H](F)C4)nc(N3CC4CCC(C3)N4)c2CO1. The number of anilines is 2.